The molecule has 0 N–H and O–H groups in total. The Hall–Kier alpha value is -2.96. The maximum Gasteiger partial charge on any atom is 0.289 e. The summed E-state index contributed by atoms with van der Waals surface area (Å²) in [7, 11) is -6.16. The highest BCUT2D eigenvalue weighted by molar-refractivity contribution is 7.93. The number of sulfone groups is 1. The van der Waals surface area contributed by atoms with Gasteiger partial charge in [0.15, 0.2) is 5.03 Å². The van der Waals surface area contributed by atoms with Crippen LogP contribution in [0.5, 0.6) is 11.5 Å². The molecule has 0 bridgehead atoms. The molecular formula is C23H28N4O6S2. The maximum absolute atomic E-state index is 13.9. The minimum atomic E-state index is -4.46. The molecule has 10 nitrogen and oxygen atoms in total. The van der Waals surface area contributed by atoms with Gasteiger partial charge in [-0.25, -0.2) is 8.42 Å². The number of piperidine rings is 1. The summed E-state index contributed by atoms with van der Waals surface area (Å²) in [4.78, 5) is 1.84. The van der Waals surface area contributed by atoms with Gasteiger partial charge in [-0.2, -0.15) is 8.42 Å². The molecule has 12 heteroatoms. The third-order valence-corrected chi connectivity index (χ3v) is 9.52. The molecule has 1 fully saturated rings. The van der Waals surface area contributed by atoms with Crippen LogP contribution < -0.4 is 9.47 Å². The second-order valence-corrected chi connectivity index (χ2v) is 11.7. The predicted molar refractivity (Wildman–Crippen MR) is 128 cm³/mol. The highest BCUT2D eigenvalue weighted by atomic mass is 32.2. The van der Waals surface area contributed by atoms with Crippen LogP contribution in [0.2, 0.25) is 0 Å². The smallest absolute Gasteiger partial charge is 0.289 e. The van der Waals surface area contributed by atoms with Crippen molar-refractivity contribution in [2.24, 2.45) is 0 Å². The molecule has 3 aromatic rings. The fourth-order valence-electron chi connectivity index (χ4n) is 4.18. The number of rotatable bonds is 9. The van der Waals surface area contributed by atoms with E-state index in [4.69, 9.17) is 9.47 Å². The number of likely N-dealkylation sites (tertiary alicyclic amines) is 1. The van der Waals surface area contributed by atoms with Gasteiger partial charge in [0.25, 0.3) is 10.0 Å². The lowest BCUT2D eigenvalue weighted by Crippen LogP contribution is -2.32. The zero-order chi connectivity index (χ0) is 25.1. The van der Waals surface area contributed by atoms with Gasteiger partial charge in [-0.15, -0.1) is 9.19 Å². The molecule has 0 amide bonds. The minimum Gasteiger partial charge on any atom is -0.495 e. The first kappa shape index (κ1) is 25.1. The Morgan fingerprint density at radius 2 is 1.40 bits per heavy atom. The van der Waals surface area contributed by atoms with Crippen molar-refractivity contribution in [1.29, 1.82) is 0 Å². The molecule has 1 aromatic heterocycles. The standard InChI is InChI=1S/C23H28N4O6S2/c1-32-19-10-4-6-12-21(19)34(28,29)23-18(14-17-26-15-8-3-9-16-26)24-25-27(23)35(30,31)22-13-7-5-11-20(22)33-2/h4-7,10-13H,3,8-9,14-17H2,1-2H3. The molecule has 1 aliphatic rings. The molecule has 0 aliphatic carbocycles. The summed E-state index contributed by atoms with van der Waals surface area (Å²) in [5, 5.41) is 7.38. The number of hydrogen-bond donors (Lipinski definition) is 0. The number of para-hydroxylation sites is 2. The van der Waals surface area contributed by atoms with Crippen molar-refractivity contribution in [3.8, 4) is 11.5 Å². The van der Waals surface area contributed by atoms with Crippen LogP contribution in [0.15, 0.2) is 63.3 Å². The molecule has 0 saturated carbocycles. The highest BCUT2D eigenvalue weighted by Gasteiger charge is 2.37. The van der Waals surface area contributed by atoms with E-state index in [0.717, 1.165) is 32.4 Å². The molecule has 0 spiro atoms. The number of benzene rings is 2. The van der Waals surface area contributed by atoms with E-state index in [2.05, 4.69) is 15.2 Å². The Morgan fingerprint density at radius 1 is 0.829 bits per heavy atom. The summed E-state index contributed by atoms with van der Waals surface area (Å²) in [5.41, 5.74) is 0.0833. The zero-order valence-corrected chi connectivity index (χ0v) is 21.3. The molecule has 35 heavy (non-hydrogen) atoms. The van der Waals surface area contributed by atoms with E-state index in [1.165, 1.54) is 44.6 Å². The van der Waals surface area contributed by atoms with Gasteiger partial charge in [-0.3, -0.25) is 0 Å². The van der Waals surface area contributed by atoms with Crippen LogP contribution in [-0.4, -0.2) is 70.0 Å². The number of hydrogen-bond acceptors (Lipinski definition) is 9. The molecule has 0 radical (unpaired) electrons. The molecular weight excluding hydrogens is 492 g/mol. The van der Waals surface area contributed by atoms with Crippen molar-refractivity contribution in [2.45, 2.75) is 40.5 Å². The lowest BCUT2D eigenvalue weighted by Gasteiger charge is -2.26. The summed E-state index contributed by atoms with van der Waals surface area (Å²) >= 11 is 0. The molecule has 2 heterocycles. The first-order valence-electron chi connectivity index (χ1n) is 11.2. The lowest BCUT2D eigenvalue weighted by molar-refractivity contribution is 0.230. The largest absolute Gasteiger partial charge is 0.495 e. The van der Waals surface area contributed by atoms with Crippen molar-refractivity contribution in [3.05, 3.63) is 54.2 Å². The van der Waals surface area contributed by atoms with Crippen LogP contribution in [0.4, 0.5) is 0 Å². The van der Waals surface area contributed by atoms with Crippen molar-refractivity contribution >= 4 is 19.9 Å². The van der Waals surface area contributed by atoms with Gasteiger partial charge in [-0.1, -0.05) is 35.9 Å². The Balaban J connectivity index is 1.87. The topological polar surface area (TPSA) is 121 Å². The normalized spacial score (nSPS) is 15.1. The summed E-state index contributed by atoms with van der Waals surface area (Å²) in [6.45, 7) is 2.35. The van der Waals surface area contributed by atoms with Gasteiger partial charge in [-0.05, 0) is 50.2 Å². The van der Waals surface area contributed by atoms with E-state index in [0.29, 0.717) is 10.6 Å². The van der Waals surface area contributed by atoms with Crippen LogP contribution in [0.1, 0.15) is 25.0 Å². The van der Waals surface area contributed by atoms with Crippen molar-refractivity contribution in [1.82, 2.24) is 19.3 Å². The minimum absolute atomic E-state index is 0.0681. The monoisotopic (exact) mass is 520 g/mol. The van der Waals surface area contributed by atoms with Crippen LogP contribution in [0.25, 0.3) is 0 Å². The van der Waals surface area contributed by atoms with Crippen LogP contribution >= 0.6 is 0 Å². The first-order valence-corrected chi connectivity index (χ1v) is 14.2. The maximum atomic E-state index is 13.9. The van der Waals surface area contributed by atoms with E-state index in [9.17, 15) is 16.8 Å². The first-order chi connectivity index (χ1) is 16.8. The number of aromatic nitrogens is 3. The van der Waals surface area contributed by atoms with Gasteiger partial charge in [0.1, 0.15) is 27.0 Å². The lowest BCUT2D eigenvalue weighted by atomic mass is 10.1. The van der Waals surface area contributed by atoms with Gasteiger partial charge in [0.05, 0.1) is 14.2 Å². The van der Waals surface area contributed by atoms with Crippen molar-refractivity contribution < 1.29 is 26.3 Å². The van der Waals surface area contributed by atoms with Gasteiger partial charge < -0.3 is 14.4 Å². The molecule has 0 unspecified atom stereocenters. The van der Waals surface area contributed by atoms with Gasteiger partial charge in [0.2, 0.25) is 9.84 Å². The molecule has 1 aliphatic heterocycles. The van der Waals surface area contributed by atoms with Crippen molar-refractivity contribution in [3.63, 3.8) is 0 Å². The number of ether oxygens (including phenoxy) is 2. The predicted octanol–water partition coefficient (Wildman–Crippen LogP) is 2.39. The number of nitrogens with zero attached hydrogens (tertiary/aromatic N) is 4. The Kier molecular flexibility index (Phi) is 7.43. The van der Waals surface area contributed by atoms with E-state index < -0.39 is 24.9 Å². The summed E-state index contributed by atoms with van der Waals surface area (Å²) < 4.78 is 66.1. The van der Waals surface area contributed by atoms with Crippen LogP contribution in [-0.2, 0) is 26.3 Å². The molecule has 4 rings (SSSR count). The van der Waals surface area contributed by atoms with Gasteiger partial charge in [0, 0.05) is 13.0 Å². The fourth-order valence-corrected chi connectivity index (χ4v) is 7.64. The van der Waals surface area contributed by atoms with E-state index in [-0.39, 0.29) is 33.4 Å². The SMILES string of the molecule is COc1ccccc1S(=O)(=O)c1c(CCN2CCCCC2)nnn1S(=O)(=O)c1ccccc1OC. The summed E-state index contributed by atoms with van der Waals surface area (Å²) in [6, 6.07) is 12.0. The third kappa shape index (κ3) is 4.91. The van der Waals surface area contributed by atoms with Crippen LogP contribution in [0, 0.1) is 0 Å². The quantitative estimate of drug-likeness (QED) is 0.419. The van der Waals surface area contributed by atoms with Crippen molar-refractivity contribution in [2.75, 3.05) is 33.9 Å². The Labute approximate surface area is 205 Å². The number of methoxy groups -OCH3 is 2. The van der Waals surface area contributed by atoms with E-state index in [1.807, 2.05) is 0 Å². The Morgan fingerprint density at radius 3 is 2.03 bits per heavy atom. The average molecular weight is 521 g/mol. The van der Waals surface area contributed by atoms with Gasteiger partial charge >= 0.3 is 0 Å². The van der Waals surface area contributed by atoms with E-state index in [1.54, 1.807) is 18.2 Å². The fraction of sp³-hybridized carbons (Fsp3) is 0.391. The zero-order valence-electron chi connectivity index (χ0n) is 19.6. The van der Waals surface area contributed by atoms with E-state index >= 15 is 0 Å². The third-order valence-electron chi connectivity index (χ3n) is 5.97. The highest BCUT2D eigenvalue weighted by Crippen LogP contribution is 2.33. The van der Waals surface area contributed by atoms with Crippen LogP contribution in [0.3, 0.4) is 0 Å². The Bertz CT molecular complexity index is 1400. The molecule has 188 valence electrons. The molecule has 2 aromatic carbocycles. The second-order valence-electron chi connectivity index (χ2n) is 8.15. The molecule has 0 atom stereocenters. The second kappa shape index (κ2) is 10.3. The summed E-state index contributed by atoms with van der Waals surface area (Å²) in [6.07, 6.45) is 3.53. The average Bonchev–Trinajstić information content (AvgIpc) is 3.34. The summed E-state index contributed by atoms with van der Waals surface area (Å²) in [5.74, 6) is 0.162. The molecule has 1 saturated heterocycles.